The monoisotopic (exact) mass is 227 g/mol. The lowest BCUT2D eigenvalue weighted by molar-refractivity contribution is 0.277. The van der Waals surface area contributed by atoms with Crippen LogP contribution in [0.4, 0.5) is 0 Å². The molecule has 3 rings (SSSR count). The van der Waals surface area contributed by atoms with Gasteiger partial charge in [-0.05, 0) is 0 Å². The molecule has 0 spiro atoms. The van der Waals surface area contributed by atoms with Crippen LogP contribution in [0.3, 0.4) is 0 Å². The number of nitrogens with zero attached hydrogens (tertiary/aromatic N) is 5. The zero-order valence-corrected chi connectivity index (χ0v) is 8.66. The van der Waals surface area contributed by atoms with Crippen molar-refractivity contribution in [3.05, 3.63) is 36.8 Å². The Balaban J connectivity index is 1.76. The Hall–Kier alpha value is -2.57. The number of hydrogen-bond acceptors (Lipinski definition) is 6. The van der Waals surface area contributed by atoms with Crippen molar-refractivity contribution in [2.75, 3.05) is 0 Å². The van der Waals surface area contributed by atoms with Crippen molar-refractivity contribution in [3.8, 4) is 6.01 Å². The highest BCUT2D eigenvalue weighted by molar-refractivity contribution is 5.68. The number of H-pyrrole nitrogens is 1. The molecule has 0 fully saturated rings. The first-order valence-corrected chi connectivity index (χ1v) is 4.88. The largest absolute Gasteiger partial charge is 0.457 e. The molecule has 1 radical (unpaired) electrons. The Morgan fingerprint density at radius 2 is 2.24 bits per heavy atom. The summed E-state index contributed by atoms with van der Waals surface area (Å²) in [6.07, 6.45) is 9.01. The Bertz CT molecular complexity index is 623. The summed E-state index contributed by atoms with van der Waals surface area (Å²) in [6.45, 7) is 0.271. The summed E-state index contributed by atoms with van der Waals surface area (Å²) >= 11 is 0. The van der Waals surface area contributed by atoms with E-state index < -0.39 is 0 Å². The molecule has 7 heteroatoms. The molecule has 7 nitrogen and oxygen atoms in total. The normalized spacial score (nSPS) is 10.6. The van der Waals surface area contributed by atoms with Crippen LogP contribution in [0, 0.1) is 6.33 Å². The number of fused-ring (bicyclic) bond motifs is 1. The molecule has 0 saturated heterocycles. The average molecular weight is 227 g/mol. The molecule has 0 aliphatic rings. The first-order chi connectivity index (χ1) is 8.42. The molecule has 0 bridgehead atoms. The van der Waals surface area contributed by atoms with Gasteiger partial charge in [-0.3, -0.25) is 9.97 Å². The van der Waals surface area contributed by atoms with Gasteiger partial charge >= 0.3 is 6.01 Å². The lowest BCUT2D eigenvalue weighted by atomic mass is 10.5. The summed E-state index contributed by atoms with van der Waals surface area (Å²) in [7, 11) is 0. The second kappa shape index (κ2) is 4.12. The molecule has 83 valence electrons. The molecule has 3 aromatic heterocycles. The van der Waals surface area contributed by atoms with E-state index in [9.17, 15) is 0 Å². The highest BCUT2D eigenvalue weighted by atomic mass is 16.5. The predicted octanol–water partition coefficient (Wildman–Crippen LogP) is 0.522. The summed E-state index contributed by atoms with van der Waals surface area (Å²) in [5, 5.41) is 0. The van der Waals surface area contributed by atoms with Crippen molar-refractivity contribution in [3.63, 3.8) is 0 Å². The standard InChI is InChI=1S/C10H7N6O/c1-2-12-7(3-11-1)5-17-10-13-4-8-9(16-10)15-6-14-8/h1-4H,5H2,(H,13,14,15,16). The molecule has 17 heavy (non-hydrogen) atoms. The van der Waals surface area contributed by atoms with Crippen LogP contribution in [0.1, 0.15) is 5.69 Å². The highest BCUT2D eigenvalue weighted by Crippen LogP contribution is 2.09. The van der Waals surface area contributed by atoms with E-state index >= 15 is 0 Å². The number of aromatic amines is 1. The molecule has 3 heterocycles. The van der Waals surface area contributed by atoms with Gasteiger partial charge in [-0.1, -0.05) is 0 Å². The third-order valence-electron chi connectivity index (χ3n) is 2.06. The maximum absolute atomic E-state index is 5.38. The van der Waals surface area contributed by atoms with E-state index in [1.807, 2.05) is 0 Å². The Kier molecular flexibility index (Phi) is 2.34. The molecule has 0 atom stereocenters. The van der Waals surface area contributed by atoms with Crippen LogP contribution in [-0.4, -0.2) is 29.9 Å². The number of aromatic nitrogens is 6. The van der Waals surface area contributed by atoms with E-state index in [4.69, 9.17) is 4.74 Å². The fraction of sp³-hybridized carbons (Fsp3) is 0.100. The van der Waals surface area contributed by atoms with Gasteiger partial charge in [-0.2, -0.15) is 4.98 Å². The number of ether oxygens (including phenoxy) is 1. The van der Waals surface area contributed by atoms with Gasteiger partial charge in [0.05, 0.1) is 18.1 Å². The summed E-state index contributed by atoms with van der Waals surface area (Å²) < 4.78 is 5.38. The highest BCUT2D eigenvalue weighted by Gasteiger charge is 2.03. The Labute approximate surface area is 96.0 Å². The van der Waals surface area contributed by atoms with Crippen LogP contribution in [-0.2, 0) is 6.61 Å². The van der Waals surface area contributed by atoms with Crippen LogP contribution in [0.2, 0.25) is 0 Å². The van der Waals surface area contributed by atoms with Gasteiger partial charge in [0.1, 0.15) is 12.1 Å². The summed E-state index contributed by atoms with van der Waals surface area (Å²) in [5.41, 5.74) is 1.95. The van der Waals surface area contributed by atoms with Gasteiger partial charge in [0.2, 0.25) is 0 Å². The van der Waals surface area contributed by atoms with Crippen molar-refractivity contribution in [1.82, 2.24) is 29.9 Å². The van der Waals surface area contributed by atoms with Crippen LogP contribution in [0.15, 0.2) is 24.8 Å². The fourth-order valence-electron chi connectivity index (χ4n) is 1.28. The second-order valence-electron chi connectivity index (χ2n) is 3.22. The average Bonchev–Trinajstić information content (AvgIpc) is 2.85. The van der Waals surface area contributed by atoms with E-state index in [1.165, 1.54) is 0 Å². The van der Waals surface area contributed by atoms with Gasteiger partial charge in [0, 0.05) is 12.4 Å². The Morgan fingerprint density at radius 1 is 1.24 bits per heavy atom. The molecule has 1 N–H and O–H groups in total. The van der Waals surface area contributed by atoms with E-state index in [0.29, 0.717) is 11.3 Å². The Morgan fingerprint density at radius 3 is 3.12 bits per heavy atom. The summed E-state index contributed by atoms with van der Waals surface area (Å²) in [5.74, 6) is 0. The van der Waals surface area contributed by atoms with Gasteiger partial charge < -0.3 is 9.72 Å². The molecule has 0 amide bonds. The molecule has 0 saturated carbocycles. The first-order valence-electron chi connectivity index (χ1n) is 4.88. The van der Waals surface area contributed by atoms with E-state index in [1.54, 1.807) is 24.8 Å². The zero-order chi connectivity index (χ0) is 11.5. The zero-order valence-electron chi connectivity index (χ0n) is 8.66. The third kappa shape index (κ3) is 2.03. The minimum absolute atomic E-state index is 0.253. The SMILES string of the molecule is [c]1nc2nc(OCc3cnccn3)ncc2[nH]1. The molecule has 0 aliphatic carbocycles. The fourth-order valence-corrected chi connectivity index (χ4v) is 1.28. The van der Waals surface area contributed by atoms with E-state index in [2.05, 4.69) is 36.2 Å². The molecule has 3 aromatic rings. The quantitative estimate of drug-likeness (QED) is 0.701. The second-order valence-corrected chi connectivity index (χ2v) is 3.22. The number of nitrogens with one attached hydrogen (secondary N) is 1. The third-order valence-corrected chi connectivity index (χ3v) is 2.06. The van der Waals surface area contributed by atoms with Crippen molar-refractivity contribution in [2.24, 2.45) is 0 Å². The smallest absolute Gasteiger partial charge is 0.318 e. The van der Waals surface area contributed by atoms with Gasteiger partial charge in [-0.25, -0.2) is 9.97 Å². The maximum Gasteiger partial charge on any atom is 0.318 e. The van der Waals surface area contributed by atoms with Crippen LogP contribution >= 0.6 is 0 Å². The lowest BCUT2D eigenvalue weighted by Gasteiger charge is -2.02. The topological polar surface area (TPSA) is 89.5 Å². The predicted molar refractivity (Wildman–Crippen MR) is 56.9 cm³/mol. The minimum Gasteiger partial charge on any atom is -0.457 e. The number of imidazole rings is 1. The van der Waals surface area contributed by atoms with E-state index in [-0.39, 0.29) is 12.6 Å². The maximum atomic E-state index is 5.38. The van der Waals surface area contributed by atoms with Gasteiger partial charge in [0.25, 0.3) is 0 Å². The lowest BCUT2D eigenvalue weighted by Crippen LogP contribution is -2.01. The van der Waals surface area contributed by atoms with E-state index in [0.717, 1.165) is 5.52 Å². The molecule has 0 aromatic carbocycles. The summed E-state index contributed by atoms with van der Waals surface area (Å²) in [4.78, 5) is 22.8. The van der Waals surface area contributed by atoms with Gasteiger partial charge in [-0.15, -0.1) is 0 Å². The van der Waals surface area contributed by atoms with Crippen molar-refractivity contribution >= 4 is 11.2 Å². The molecular formula is C10H7N6O. The van der Waals surface area contributed by atoms with Crippen LogP contribution in [0.25, 0.3) is 11.2 Å². The van der Waals surface area contributed by atoms with Crippen molar-refractivity contribution in [1.29, 1.82) is 0 Å². The van der Waals surface area contributed by atoms with Crippen LogP contribution in [0.5, 0.6) is 6.01 Å². The van der Waals surface area contributed by atoms with Gasteiger partial charge in [0.15, 0.2) is 12.0 Å². The van der Waals surface area contributed by atoms with Crippen molar-refractivity contribution < 1.29 is 4.74 Å². The van der Waals surface area contributed by atoms with Crippen LogP contribution < -0.4 is 4.74 Å². The number of hydrogen-bond donors (Lipinski definition) is 1. The first kappa shape index (κ1) is 9.64. The van der Waals surface area contributed by atoms with Crippen molar-refractivity contribution in [2.45, 2.75) is 6.61 Å². The molecule has 0 unspecified atom stereocenters. The minimum atomic E-state index is 0.253. The molecule has 0 aliphatic heterocycles. The number of rotatable bonds is 3. The molecular weight excluding hydrogens is 220 g/mol. The summed E-state index contributed by atoms with van der Waals surface area (Å²) in [6, 6.07) is 0.253.